The molecule has 0 spiro atoms. The molecule has 0 bridgehead atoms. The second-order valence-electron chi connectivity index (χ2n) is 5.71. The highest BCUT2D eigenvalue weighted by Crippen LogP contribution is 2.28. The summed E-state index contributed by atoms with van der Waals surface area (Å²) in [6.45, 7) is 1.14. The first-order valence-corrected chi connectivity index (χ1v) is 9.84. The van der Waals surface area contributed by atoms with Crippen molar-refractivity contribution in [2.45, 2.75) is 6.92 Å². The number of nitrogens with two attached hydrogens (primary N) is 1. The molecule has 3 rings (SSSR count). The minimum Gasteiger partial charge on any atom is -0.459 e. The lowest BCUT2D eigenvalue weighted by Crippen LogP contribution is -2.22. The average Bonchev–Trinajstić information content (AvgIpc) is 3.40. The van der Waals surface area contributed by atoms with Gasteiger partial charge >= 0.3 is 5.97 Å². The zero-order valence-electron chi connectivity index (χ0n) is 15.0. The van der Waals surface area contributed by atoms with Crippen LogP contribution in [0.5, 0.6) is 0 Å². The standard InChI is InChI=1S/C18H15N3O6S2/c1-9-7-13(21-16(24)11-3-2-5-26-11)29-14(9)18(25)27-8-12(22)20-17-10(15(19)23)4-6-28-17/h2-7H,8H2,1H3,(H2,19,23)(H,20,22)(H,21,24). The Labute approximate surface area is 172 Å². The van der Waals surface area contributed by atoms with Crippen molar-refractivity contribution in [3.05, 3.63) is 57.7 Å². The number of carbonyl (C=O) groups is 4. The van der Waals surface area contributed by atoms with Gasteiger partial charge in [-0.2, -0.15) is 0 Å². The predicted octanol–water partition coefficient (Wildman–Crippen LogP) is 2.86. The van der Waals surface area contributed by atoms with Gasteiger partial charge in [0, 0.05) is 0 Å². The Morgan fingerprint density at radius 1 is 1.21 bits per heavy atom. The number of nitrogens with one attached hydrogen (secondary N) is 2. The number of thiophene rings is 2. The van der Waals surface area contributed by atoms with Crippen molar-refractivity contribution in [2.75, 3.05) is 17.2 Å². The zero-order valence-corrected chi connectivity index (χ0v) is 16.6. The molecule has 0 aromatic carbocycles. The smallest absolute Gasteiger partial charge is 0.349 e. The van der Waals surface area contributed by atoms with Gasteiger partial charge in [0.1, 0.15) is 9.88 Å². The number of anilines is 2. The maximum Gasteiger partial charge on any atom is 0.349 e. The molecule has 3 heterocycles. The second kappa shape index (κ2) is 8.71. The number of primary amides is 1. The van der Waals surface area contributed by atoms with Gasteiger partial charge in [-0.15, -0.1) is 22.7 Å². The molecule has 0 aliphatic rings. The summed E-state index contributed by atoms with van der Waals surface area (Å²) in [4.78, 5) is 47.8. The third-order valence-electron chi connectivity index (χ3n) is 3.60. The summed E-state index contributed by atoms with van der Waals surface area (Å²) in [5.74, 6) is -2.29. The number of furan rings is 1. The molecule has 0 radical (unpaired) electrons. The Kier molecular flexibility index (Phi) is 6.10. The molecule has 0 unspecified atom stereocenters. The molecule has 29 heavy (non-hydrogen) atoms. The Hall–Kier alpha value is -3.44. The molecule has 150 valence electrons. The topological polar surface area (TPSA) is 141 Å². The fraction of sp³-hybridized carbons (Fsp3) is 0.111. The normalized spacial score (nSPS) is 10.4. The van der Waals surface area contributed by atoms with Gasteiger partial charge in [-0.1, -0.05) is 0 Å². The van der Waals surface area contributed by atoms with Crippen LogP contribution < -0.4 is 16.4 Å². The van der Waals surface area contributed by atoms with E-state index in [-0.39, 0.29) is 21.2 Å². The molecule has 9 nitrogen and oxygen atoms in total. The molecule has 3 aromatic rings. The Bertz CT molecular complexity index is 1070. The van der Waals surface area contributed by atoms with Crippen LogP contribution in [-0.2, 0) is 9.53 Å². The van der Waals surface area contributed by atoms with Gasteiger partial charge in [0.2, 0.25) is 0 Å². The van der Waals surface area contributed by atoms with Gasteiger partial charge in [0.15, 0.2) is 12.4 Å². The number of esters is 1. The fourth-order valence-corrected chi connectivity index (χ4v) is 4.06. The first-order valence-electron chi connectivity index (χ1n) is 8.14. The maximum absolute atomic E-state index is 12.3. The molecule has 0 saturated heterocycles. The first kappa shape index (κ1) is 20.3. The van der Waals surface area contributed by atoms with Gasteiger partial charge in [-0.05, 0) is 42.1 Å². The lowest BCUT2D eigenvalue weighted by molar-refractivity contribution is -0.119. The van der Waals surface area contributed by atoms with Crippen LogP contribution >= 0.6 is 22.7 Å². The highest BCUT2D eigenvalue weighted by molar-refractivity contribution is 7.18. The number of aryl methyl sites for hydroxylation is 1. The lowest BCUT2D eigenvalue weighted by atomic mass is 10.3. The van der Waals surface area contributed by atoms with E-state index in [1.807, 2.05) is 0 Å². The Morgan fingerprint density at radius 3 is 2.69 bits per heavy atom. The van der Waals surface area contributed by atoms with Crippen LogP contribution in [-0.4, -0.2) is 30.3 Å². The Morgan fingerprint density at radius 2 is 2.00 bits per heavy atom. The minimum absolute atomic E-state index is 0.140. The van der Waals surface area contributed by atoms with E-state index in [2.05, 4.69) is 10.6 Å². The van der Waals surface area contributed by atoms with Crippen molar-refractivity contribution in [3.8, 4) is 0 Å². The molecule has 0 aliphatic carbocycles. The molecule has 0 saturated carbocycles. The van der Waals surface area contributed by atoms with E-state index < -0.39 is 30.3 Å². The van der Waals surface area contributed by atoms with E-state index in [0.29, 0.717) is 10.6 Å². The van der Waals surface area contributed by atoms with Crippen LogP contribution in [0.15, 0.2) is 40.3 Å². The van der Waals surface area contributed by atoms with Gasteiger partial charge in [-0.3, -0.25) is 14.4 Å². The Balaban J connectivity index is 1.57. The van der Waals surface area contributed by atoms with E-state index >= 15 is 0 Å². The van der Waals surface area contributed by atoms with Gasteiger partial charge in [0.05, 0.1) is 16.8 Å². The number of hydrogen-bond donors (Lipinski definition) is 3. The summed E-state index contributed by atoms with van der Waals surface area (Å²) in [5, 5.41) is 7.43. The van der Waals surface area contributed by atoms with E-state index in [1.165, 1.54) is 18.4 Å². The van der Waals surface area contributed by atoms with Crippen LogP contribution in [0.3, 0.4) is 0 Å². The van der Waals surface area contributed by atoms with Gasteiger partial charge in [-0.25, -0.2) is 4.79 Å². The quantitative estimate of drug-likeness (QED) is 0.489. The number of rotatable bonds is 7. The molecule has 3 amide bonds. The number of hydrogen-bond acceptors (Lipinski definition) is 8. The van der Waals surface area contributed by atoms with Crippen molar-refractivity contribution >= 4 is 56.4 Å². The van der Waals surface area contributed by atoms with Crippen LogP contribution in [0.2, 0.25) is 0 Å². The lowest BCUT2D eigenvalue weighted by Gasteiger charge is -2.06. The first-order chi connectivity index (χ1) is 13.8. The largest absolute Gasteiger partial charge is 0.459 e. The van der Waals surface area contributed by atoms with Crippen LogP contribution in [0.4, 0.5) is 10.0 Å². The molecule has 0 aliphatic heterocycles. The van der Waals surface area contributed by atoms with E-state index in [0.717, 1.165) is 22.7 Å². The molecule has 3 aromatic heterocycles. The number of ether oxygens (including phenoxy) is 1. The average molecular weight is 433 g/mol. The highest BCUT2D eigenvalue weighted by atomic mass is 32.1. The van der Waals surface area contributed by atoms with Crippen molar-refractivity contribution in [3.63, 3.8) is 0 Å². The molecule has 0 fully saturated rings. The van der Waals surface area contributed by atoms with Crippen molar-refractivity contribution in [1.82, 2.24) is 0 Å². The van der Waals surface area contributed by atoms with E-state index in [1.54, 1.807) is 24.4 Å². The number of amides is 3. The van der Waals surface area contributed by atoms with Crippen LogP contribution in [0.25, 0.3) is 0 Å². The van der Waals surface area contributed by atoms with Crippen LogP contribution in [0, 0.1) is 6.92 Å². The summed E-state index contributed by atoms with van der Waals surface area (Å²) in [7, 11) is 0. The molecule has 11 heteroatoms. The summed E-state index contributed by atoms with van der Waals surface area (Å²) in [5.41, 5.74) is 5.98. The third-order valence-corrected chi connectivity index (χ3v) is 5.57. The van der Waals surface area contributed by atoms with Crippen LogP contribution in [0.1, 0.15) is 36.1 Å². The monoisotopic (exact) mass is 433 g/mol. The highest BCUT2D eigenvalue weighted by Gasteiger charge is 2.19. The molecule has 0 atom stereocenters. The second-order valence-corrected chi connectivity index (χ2v) is 7.67. The third kappa shape index (κ3) is 4.89. The van der Waals surface area contributed by atoms with Crippen molar-refractivity contribution in [1.29, 1.82) is 0 Å². The van der Waals surface area contributed by atoms with Crippen molar-refractivity contribution in [2.24, 2.45) is 5.73 Å². The zero-order chi connectivity index (χ0) is 21.0. The summed E-state index contributed by atoms with van der Waals surface area (Å²) in [6.07, 6.45) is 1.38. The molecular weight excluding hydrogens is 418 g/mol. The summed E-state index contributed by atoms with van der Waals surface area (Å²) in [6, 6.07) is 6.21. The fourth-order valence-electron chi connectivity index (χ4n) is 2.29. The summed E-state index contributed by atoms with van der Waals surface area (Å²) < 4.78 is 10.0. The molecular formula is C18H15N3O6S2. The van der Waals surface area contributed by atoms with E-state index in [4.69, 9.17) is 14.9 Å². The molecule has 4 N–H and O–H groups in total. The van der Waals surface area contributed by atoms with E-state index in [9.17, 15) is 19.2 Å². The van der Waals surface area contributed by atoms with Gasteiger partial charge < -0.3 is 25.5 Å². The predicted molar refractivity (Wildman–Crippen MR) is 107 cm³/mol. The van der Waals surface area contributed by atoms with Crippen molar-refractivity contribution < 1.29 is 28.3 Å². The van der Waals surface area contributed by atoms with Gasteiger partial charge in [0.25, 0.3) is 17.7 Å². The maximum atomic E-state index is 12.3. The summed E-state index contributed by atoms with van der Waals surface area (Å²) >= 11 is 2.15. The minimum atomic E-state index is -0.706. The SMILES string of the molecule is Cc1cc(NC(=O)c2ccco2)sc1C(=O)OCC(=O)Nc1sccc1C(N)=O. The number of carbonyl (C=O) groups excluding carboxylic acids is 4.